The van der Waals surface area contributed by atoms with Crippen LogP contribution in [0.25, 0.3) is 0 Å². The Balaban J connectivity index is 1.25. The van der Waals surface area contributed by atoms with Crippen molar-refractivity contribution in [1.82, 2.24) is 9.80 Å². The van der Waals surface area contributed by atoms with Gasteiger partial charge in [-0.05, 0) is 70.2 Å². The Hall–Kier alpha value is -3.68. The van der Waals surface area contributed by atoms with Crippen LogP contribution >= 0.6 is 0 Å². The van der Waals surface area contributed by atoms with Crippen molar-refractivity contribution in [3.05, 3.63) is 57.6 Å². The molecule has 2 aliphatic rings. The van der Waals surface area contributed by atoms with Crippen molar-refractivity contribution in [2.75, 3.05) is 36.8 Å². The van der Waals surface area contributed by atoms with Gasteiger partial charge in [-0.3, -0.25) is 19.2 Å². The number of nitrogens with one attached hydrogen (secondary N) is 2. The van der Waals surface area contributed by atoms with Gasteiger partial charge in [-0.2, -0.15) is 0 Å². The molecule has 0 aliphatic carbocycles. The summed E-state index contributed by atoms with van der Waals surface area (Å²) in [6.45, 7) is 13.7. The van der Waals surface area contributed by atoms with Crippen LogP contribution in [0.5, 0.6) is 0 Å². The van der Waals surface area contributed by atoms with Crippen LogP contribution < -0.4 is 10.6 Å². The highest BCUT2D eigenvalue weighted by Gasteiger charge is 2.36. The average Bonchev–Trinajstić information content (AvgIpc) is 3.40. The van der Waals surface area contributed by atoms with Gasteiger partial charge in [-0.25, -0.2) is 0 Å². The first-order chi connectivity index (χ1) is 18.4. The molecule has 0 radical (unpaired) electrons. The lowest BCUT2D eigenvalue weighted by atomic mass is 10.0. The summed E-state index contributed by atoms with van der Waals surface area (Å²) in [5, 5.41) is 6.06. The van der Waals surface area contributed by atoms with Crippen LogP contribution in [-0.2, 0) is 19.2 Å². The Morgan fingerprint density at radius 2 is 1.00 bits per heavy atom. The van der Waals surface area contributed by atoms with Gasteiger partial charge >= 0.3 is 0 Å². The van der Waals surface area contributed by atoms with Crippen LogP contribution in [-0.4, -0.2) is 59.6 Å². The molecule has 2 heterocycles. The van der Waals surface area contributed by atoms with Gasteiger partial charge in [0.2, 0.25) is 23.6 Å². The number of hydrogen-bond donors (Lipinski definition) is 2. The number of rotatable bonds is 8. The van der Waals surface area contributed by atoms with Crippen molar-refractivity contribution < 1.29 is 19.2 Å². The second-order valence-electron chi connectivity index (χ2n) is 11.4. The predicted molar refractivity (Wildman–Crippen MR) is 153 cm³/mol. The highest BCUT2D eigenvalue weighted by Crippen LogP contribution is 2.27. The van der Waals surface area contributed by atoms with E-state index in [0.717, 1.165) is 44.8 Å². The Morgan fingerprint density at radius 1 is 0.667 bits per heavy atom. The lowest BCUT2D eigenvalue weighted by Crippen LogP contribution is -2.33. The lowest BCUT2D eigenvalue weighted by molar-refractivity contribution is -0.129. The zero-order chi connectivity index (χ0) is 28.4. The number of likely N-dealkylation sites (tertiary alicyclic amines) is 2. The van der Waals surface area contributed by atoms with E-state index in [-0.39, 0.29) is 36.5 Å². The maximum absolute atomic E-state index is 12.9. The third-order valence-corrected chi connectivity index (χ3v) is 7.88. The standard InChI is InChI=1S/C31H40N4O4/c1-18-10-20(3)28(21(4)11-18)32-30(38)24-14-26(36)34(16-24)8-7-9-35-17-25(15-27(35)37)31(39)33-29-22(5)12-19(2)13-23(29)6/h10-13,24-25H,7-9,14-17H2,1-6H3,(H,32,38)(H,33,39)/t24-,25+. The summed E-state index contributed by atoms with van der Waals surface area (Å²) in [5.41, 5.74) is 7.95. The van der Waals surface area contributed by atoms with E-state index in [1.807, 2.05) is 65.8 Å². The fourth-order valence-electron chi connectivity index (χ4n) is 5.99. The number of carbonyl (C=O) groups is 4. The molecule has 0 bridgehead atoms. The Kier molecular flexibility index (Phi) is 8.42. The molecule has 0 aromatic heterocycles. The van der Waals surface area contributed by atoms with Crippen LogP contribution in [0.15, 0.2) is 24.3 Å². The minimum atomic E-state index is -0.396. The molecule has 2 saturated heterocycles. The van der Waals surface area contributed by atoms with E-state index in [4.69, 9.17) is 0 Å². The SMILES string of the molecule is Cc1cc(C)c(NC(=O)[C@@H]2CC(=O)N(CCCN3C[C@@H](C(=O)Nc4c(C)cc(C)cc4C)CC3=O)C2)c(C)c1. The van der Waals surface area contributed by atoms with Crippen molar-refractivity contribution in [2.24, 2.45) is 11.8 Å². The number of benzene rings is 2. The average molecular weight is 533 g/mol. The molecule has 0 spiro atoms. The molecule has 2 aliphatic heterocycles. The first-order valence-electron chi connectivity index (χ1n) is 13.8. The fourth-order valence-corrected chi connectivity index (χ4v) is 5.99. The maximum atomic E-state index is 12.9. The quantitative estimate of drug-likeness (QED) is 0.532. The van der Waals surface area contributed by atoms with Gasteiger partial charge in [0.25, 0.3) is 0 Å². The summed E-state index contributed by atoms with van der Waals surface area (Å²) < 4.78 is 0. The van der Waals surface area contributed by atoms with E-state index in [0.29, 0.717) is 32.6 Å². The van der Waals surface area contributed by atoms with E-state index in [1.165, 1.54) is 0 Å². The summed E-state index contributed by atoms with van der Waals surface area (Å²) in [6.07, 6.45) is 0.990. The predicted octanol–water partition coefficient (Wildman–Crippen LogP) is 4.20. The number of hydrogen-bond acceptors (Lipinski definition) is 4. The monoisotopic (exact) mass is 532 g/mol. The summed E-state index contributed by atoms with van der Waals surface area (Å²) in [6, 6.07) is 8.14. The number of amides is 4. The summed E-state index contributed by atoms with van der Waals surface area (Å²) in [5.74, 6) is -1.14. The molecule has 8 nitrogen and oxygen atoms in total. The zero-order valence-electron chi connectivity index (χ0n) is 23.9. The molecule has 4 amide bonds. The van der Waals surface area contributed by atoms with Gasteiger partial charge in [0.1, 0.15) is 0 Å². The van der Waals surface area contributed by atoms with Crippen LogP contribution in [0.4, 0.5) is 11.4 Å². The summed E-state index contributed by atoms with van der Waals surface area (Å²) >= 11 is 0. The molecule has 2 aromatic rings. The van der Waals surface area contributed by atoms with Gasteiger partial charge in [0.05, 0.1) is 11.8 Å². The van der Waals surface area contributed by atoms with Gasteiger partial charge in [-0.15, -0.1) is 0 Å². The number of anilines is 2. The molecule has 4 rings (SSSR count). The van der Waals surface area contributed by atoms with Crippen LogP contribution in [0, 0.1) is 53.4 Å². The molecule has 2 atom stereocenters. The zero-order valence-corrected chi connectivity index (χ0v) is 23.9. The summed E-state index contributed by atoms with van der Waals surface area (Å²) in [7, 11) is 0. The van der Waals surface area contributed by atoms with Gasteiger partial charge in [0, 0.05) is 50.4 Å². The topological polar surface area (TPSA) is 98.8 Å². The second kappa shape index (κ2) is 11.6. The van der Waals surface area contributed by atoms with Crippen LogP contribution in [0.2, 0.25) is 0 Å². The number of aryl methyl sites for hydroxylation is 6. The highest BCUT2D eigenvalue weighted by atomic mass is 16.2. The van der Waals surface area contributed by atoms with Crippen LogP contribution in [0.1, 0.15) is 52.6 Å². The Bertz CT molecular complexity index is 1170. The molecular formula is C31H40N4O4. The number of nitrogens with zero attached hydrogens (tertiary/aromatic N) is 2. The molecule has 0 saturated carbocycles. The van der Waals surface area contributed by atoms with Gasteiger partial charge in [0.15, 0.2) is 0 Å². The number of carbonyl (C=O) groups excluding carboxylic acids is 4. The minimum Gasteiger partial charge on any atom is -0.342 e. The minimum absolute atomic E-state index is 0.0404. The first kappa shape index (κ1) is 28.3. The van der Waals surface area contributed by atoms with E-state index in [9.17, 15) is 19.2 Å². The molecule has 8 heteroatoms. The van der Waals surface area contributed by atoms with Crippen molar-refractivity contribution in [1.29, 1.82) is 0 Å². The molecule has 2 aromatic carbocycles. The third-order valence-electron chi connectivity index (χ3n) is 7.88. The maximum Gasteiger partial charge on any atom is 0.229 e. The van der Waals surface area contributed by atoms with Crippen molar-refractivity contribution in [3.63, 3.8) is 0 Å². The van der Waals surface area contributed by atoms with Gasteiger partial charge in [-0.1, -0.05) is 35.4 Å². The van der Waals surface area contributed by atoms with E-state index < -0.39 is 11.8 Å². The smallest absolute Gasteiger partial charge is 0.229 e. The molecule has 2 fully saturated rings. The summed E-state index contributed by atoms with van der Waals surface area (Å²) in [4.78, 5) is 54.5. The largest absolute Gasteiger partial charge is 0.342 e. The van der Waals surface area contributed by atoms with E-state index in [1.54, 1.807) is 9.80 Å². The molecule has 2 N–H and O–H groups in total. The second-order valence-corrected chi connectivity index (χ2v) is 11.4. The Morgan fingerprint density at radius 3 is 1.33 bits per heavy atom. The normalized spacial score (nSPS) is 19.1. The van der Waals surface area contributed by atoms with Crippen molar-refractivity contribution in [2.45, 2.75) is 60.8 Å². The molecule has 39 heavy (non-hydrogen) atoms. The molecule has 208 valence electrons. The third kappa shape index (κ3) is 6.49. The van der Waals surface area contributed by atoms with Crippen molar-refractivity contribution in [3.8, 4) is 0 Å². The first-order valence-corrected chi connectivity index (χ1v) is 13.8. The van der Waals surface area contributed by atoms with Gasteiger partial charge < -0.3 is 20.4 Å². The lowest BCUT2D eigenvalue weighted by Gasteiger charge is -2.21. The van der Waals surface area contributed by atoms with Crippen molar-refractivity contribution >= 4 is 35.0 Å². The molecular weight excluding hydrogens is 492 g/mol. The highest BCUT2D eigenvalue weighted by molar-refractivity contribution is 5.99. The van der Waals surface area contributed by atoms with E-state index >= 15 is 0 Å². The Labute approximate surface area is 231 Å². The van der Waals surface area contributed by atoms with Crippen LogP contribution in [0.3, 0.4) is 0 Å². The fraction of sp³-hybridized carbons (Fsp3) is 0.484. The van der Waals surface area contributed by atoms with E-state index in [2.05, 4.69) is 10.6 Å². The molecule has 0 unspecified atom stereocenters.